The van der Waals surface area contributed by atoms with Crippen LogP contribution in [-0.2, 0) is 4.74 Å². The minimum absolute atomic E-state index is 0.0608. The van der Waals surface area contributed by atoms with Crippen LogP contribution in [0.2, 0.25) is 0 Å². The van der Waals surface area contributed by atoms with Crippen LogP contribution in [-0.4, -0.2) is 49.2 Å². The standard InChI is InChI=1S/C12H25NO3/c1-2-16-8-11(15)7-13-9-12(10-14)5-3-4-6-12/h11,13-15H,2-10H2,1H3. The van der Waals surface area contributed by atoms with E-state index < -0.39 is 6.10 Å². The van der Waals surface area contributed by atoms with Crippen molar-refractivity contribution in [3.63, 3.8) is 0 Å². The molecular formula is C12H25NO3. The zero-order valence-corrected chi connectivity index (χ0v) is 10.2. The zero-order valence-electron chi connectivity index (χ0n) is 10.2. The number of aliphatic hydroxyl groups excluding tert-OH is 2. The summed E-state index contributed by atoms with van der Waals surface area (Å²) in [4.78, 5) is 0. The van der Waals surface area contributed by atoms with Crippen LogP contribution >= 0.6 is 0 Å². The van der Waals surface area contributed by atoms with Gasteiger partial charge in [0.15, 0.2) is 0 Å². The third-order valence-electron chi connectivity index (χ3n) is 3.39. The Bertz CT molecular complexity index is 181. The Labute approximate surface area is 98.0 Å². The van der Waals surface area contributed by atoms with Crippen molar-refractivity contribution in [2.24, 2.45) is 5.41 Å². The van der Waals surface area contributed by atoms with E-state index in [9.17, 15) is 10.2 Å². The molecule has 1 rings (SSSR count). The van der Waals surface area contributed by atoms with Crippen molar-refractivity contribution in [3.05, 3.63) is 0 Å². The fraction of sp³-hybridized carbons (Fsp3) is 1.00. The molecule has 16 heavy (non-hydrogen) atoms. The van der Waals surface area contributed by atoms with E-state index in [-0.39, 0.29) is 12.0 Å². The van der Waals surface area contributed by atoms with Crippen LogP contribution in [0.3, 0.4) is 0 Å². The molecule has 0 heterocycles. The average Bonchev–Trinajstić information content (AvgIpc) is 2.76. The molecule has 1 saturated carbocycles. The van der Waals surface area contributed by atoms with Crippen LogP contribution in [0.1, 0.15) is 32.6 Å². The number of rotatable bonds is 8. The van der Waals surface area contributed by atoms with Crippen molar-refractivity contribution in [1.82, 2.24) is 5.32 Å². The first-order chi connectivity index (χ1) is 7.72. The van der Waals surface area contributed by atoms with Crippen molar-refractivity contribution in [1.29, 1.82) is 0 Å². The fourth-order valence-electron chi connectivity index (χ4n) is 2.33. The Morgan fingerprint density at radius 3 is 2.62 bits per heavy atom. The molecule has 1 aliphatic rings. The van der Waals surface area contributed by atoms with Crippen LogP contribution in [0.4, 0.5) is 0 Å². The van der Waals surface area contributed by atoms with Crippen molar-refractivity contribution in [2.45, 2.75) is 38.7 Å². The van der Waals surface area contributed by atoms with Crippen molar-refractivity contribution < 1.29 is 14.9 Å². The Morgan fingerprint density at radius 1 is 1.38 bits per heavy atom. The van der Waals surface area contributed by atoms with Gasteiger partial charge in [0, 0.05) is 31.7 Å². The summed E-state index contributed by atoms with van der Waals surface area (Å²) in [5.41, 5.74) is 0.0608. The second-order valence-corrected chi connectivity index (χ2v) is 4.81. The molecule has 0 spiro atoms. The van der Waals surface area contributed by atoms with E-state index in [0.29, 0.717) is 19.8 Å². The van der Waals surface area contributed by atoms with E-state index in [2.05, 4.69) is 5.32 Å². The maximum Gasteiger partial charge on any atom is 0.0897 e. The maximum absolute atomic E-state index is 9.56. The highest BCUT2D eigenvalue weighted by Crippen LogP contribution is 2.36. The summed E-state index contributed by atoms with van der Waals surface area (Å²) in [6, 6.07) is 0. The molecule has 0 saturated heterocycles. The molecule has 0 aromatic rings. The van der Waals surface area contributed by atoms with Gasteiger partial charge in [0.25, 0.3) is 0 Å². The van der Waals surface area contributed by atoms with Crippen LogP contribution in [0, 0.1) is 5.41 Å². The van der Waals surface area contributed by atoms with E-state index in [1.807, 2.05) is 6.92 Å². The highest BCUT2D eigenvalue weighted by Gasteiger charge is 2.32. The summed E-state index contributed by atoms with van der Waals surface area (Å²) in [7, 11) is 0. The Morgan fingerprint density at radius 2 is 2.06 bits per heavy atom. The molecule has 1 fully saturated rings. The minimum Gasteiger partial charge on any atom is -0.396 e. The largest absolute Gasteiger partial charge is 0.396 e. The molecule has 0 radical (unpaired) electrons. The van der Waals surface area contributed by atoms with Gasteiger partial charge in [-0.05, 0) is 19.8 Å². The van der Waals surface area contributed by atoms with E-state index in [1.54, 1.807) is 0 Å². The molecule has 0 aromatic carbocycles. The summed E-state index contributed by atoms with van der Waals surface area (Å²) >= 11 is 0. The number of hydrogen-bond acceptors (Lipinski definition) is 4. The van der Waals surface area contributed by atoms with Gasteiger partial charge in [-0.2, -0.15) is 0 Å². The number of nitrogens with one attached hydrogen (secondary N) is 1. The van der Waals surface area contributed by atoms with Gasteiger partial charge < -0.3 is 20.3 Å². The lowest BCUT2D eigenvalue weighted by Gasteiger charge is -2.27. The van der Waals surface area contributed by atoms with Gasteiger partial charge in [0.2, 0.25) is 0 Å². The van der Waals surface area contributed by atoms with Gasteiger partial charge in [-0.15, -0.1) is 0 Å². The summed E-state index contributed by atoms with van der Waals surface area (Å²) in [6.07, 6.45) is 4.17. The highest BCUT2D eigenvalue weighted by molar-refractivity contribution is 4.86. The van der Waals surface area contributed by atoms with Gasteiger partial charge in [0.1, 0.15) is 0 Å². The predicted molar refractivity (Wildman–Crippen MR) is 63.4 cm³/mol. The lowest BCUT2D eigenvalue weighted by Crippen LogP contribution is -2.39. The molecule has 0 aliphatic heterocycles. The monoisotopic (exact) mass is 231 g/mol. The van der Waals surface area contributed by atoms with Crippen LogP contribution in [0.15, 0.2) is 0 Å². The van der Waals surface area contributed by atoms with Crippen LogP contribution in [0.5, 0.6) is 0 Å². The lowest BCUT2D eigenvalue weighted by molar-refractivity contribution is 0.0394. The molecule has 3 N–H and O–H groups in total. The lowest BCUT2D eigenvalue weighted by atomic mass is 9.87. The molecule has 1 aliphatic carbocycles. The Balaban J connectivity index is 2.13. The van der Waals surface area contributed by atoms with Crippen LogP contribution in [0.25, 0.3) is 0 Å². The van der Waals surface area contributed by atoms with Gasteiger partial charge >= 0.3 is 0 Å². The highest BCUT2D eigenvalue weighted by atomic mass is 16.5. The topological polar surface area (TPSA) is 61.7 Å². The minimum atomic E-state index is -0.447. The van der Waals surface area contributed by atoms with E-state index in [1.165, 1.54) is 12.8 Å². The van der Waals surface area contributed by atoms with E-state index in [4.69, 9.17) is 4.74 Å². The second-order valence-electron chi connectivity index (χ2n) is 4.81. The number of aliphatic hydroxyl groups is 2. The first-order valence-corrected chi connectivity index (χ1v) is 6.30. The molecule has 0 bridgehead atoms. The third kappa shape index (κ3) is 4.37. The predicted octanol–water partition coefficient (Wildman–Crippen LogP) is 0.526. The first kappa shape index (κ1) is 13.9. The third-order valence-corrected chi connectivity index (χ3v) is 3.39. The molecule has 0 aromatic heterocycles. The second kappa shape index (κ2) is 7.22. The molecule has 1 atom stereocenters. The maximum atomic E-state index is 9.56. The Kier molecular flexibility index (Phi) is 6.28. The molecule has 4 nitrogen and oxygen atoms in total. The van der Waals surface area contributed by atoms with Crippen molar-refractivity contribution >= 4 is 0 Å². The Hall–Kier alpha value is -0.160. The van der Waals surface area contributed by atoms with Gasteiger partial charge in [-0.3, -0.25) is 0 Å². The van der Waals surface area contributed by atoms with Gasteiger partial charge in [-0.25, -0.2) is 0 Å². The molecular weight excluding hydrogens is 206 g/mol. The fourth-order valence-corrected chi connectivity index (χ4v) is 2.33. The number of hydrogen-bond donors (Lipinski definition) is 3. The summed E-state index contributed by atoms with van der Waals surface area (Å²) in [5.74, 6) is 0. The average molecular weight is 231 g/mol. The van der Waals surface area contributed by atoms with Crippen LogP contribution < -0.4 is 5.32 Å². The normalized spacial score (nSPS) is 21.2. The molecule has 4 heteroatoms. The first-order valence-electron chi connectivity index (χ1n) is 6.30. The molecule has 96 valence electrons. The summed E-state index contributed by atoms with van der Waals surface area (Å²) in [6.45, 7) is 4.53. The SMILES string of the molecule is CCOCC(O)CNCC1(CO)CCCC1. The molecule has 1 unspecified atom stereocenters. The quantitative estimate of drug-likeness (QED) is 0.570. The van der Waals surface area contributed by atoms with Gasteiger partial charge in [0.05, 0.1) is 12.7 Å². The van der Waals surface area contributed by atoms with Gasteiger partial charge in [-0.1, -0.05) is 12.8 Å². The van der Waals surface area contributed by atoms with Crippen molar-refractivity contribution in [2.75, 3.05) is 32.9 Å². The molecule has 0 amide bonds. The summed E-state index contributed by atoms with van der Waals surface area (Å²) < 4.78 is 5.13. The zero-order chi connectivity index (χ0) is 11.9. The summed E-state index contributed by atoms with van der Waals surface area (Å²) in [5, 5.41) is 22.2. The van der Waals surface area contributed by atoms with E-state index in [0.717, 1.165) is 19.4 Å². The number of ether oxygens (including phenoxy) is 1. The van der Waals surface area contributed by atoms with E-state index >= 15 is 0 Å². The van der Waals surface area contributed by atoms with Crippen molar-refractivity contribution in [3.8, 4) is 0 Å². The smallest absolute Gasteiger partial charge is 0.0897 e.